The van der Waals surface area contributed by atoms with E-state index in [1.807, 2.05) is 0 Å². The lowest BCUT2D eigenvalue weighted by molar-refractivity contribution is -0.123. The second kappa shape index (κ2) is 5.97. The van der Waals surface area contributed by atoms with Crippen molar-refractivity contribution in [3.63, 3.8) is 0 Å². The molecule has 0 radical (unpaired) electrons. The van der Waals surface area contributed by atoms with Crippen molar-refractivity contribution in [2.45, 2.75) is 32.6 Å². The highest BCUT2D eigenvalue weighted by Gasteiger charge is 2.16. The minimum atomic E-state index is 0.178. The van der Waals surface area contributed by atoms with E-state index in [0.717, 1.165) is 39.0 Å². The molecule has 1 fully saturated rings. The Labute approximate surface area is 79.8 Å². The van der Waals surface area contributed by atoms with Crippen LogP contribution in [0.15, 0.2) is 0 Å². The third-order valence-electron chi connectivity index (χ3n) is 2.30. The summed E-state index contributed by atoms with van der Waals surface area (Å²) in [6.07, 6.45) is 3.89. The van der Waals surface area contributed by atoms with Gasteiger partial charge >= 0.3 is 0 Å². The van der Waals surface area contributed by atoms with Crippen LogP contribution in [-0.4, -0.2) is 25.7 Å². The van der Waals surface area contributed by atoms with E-state index in [9.17, 15) is 4.79 Å². The van der Waals surface area contributed by atoms with Crippen molar-refractivity contribution >= 4 is 5.91 Å². The molecule has 1 saturated heterocycles. The van der Waals surface area contributed by atoms with Crippen LogP contribution in [-0.2, 0) is 9.53 Å². The third kappa shape index (κ3) is 4.27. The molecule has 76 valence electrons. The second-order valence-electron chi connectivity index (χ2n) is 3.64. The van der Waals surface area contributed by atoms with Crippen LogP contribution in [0.4, 0.5) is 0 Å². The SMILES string of the molecule is CCCNC(=O)CC1CCCOC1. The molecule has 1 amide bonds. The number of hydrogen-bond donors (Lipinski definition) is 1. The van der Waals surface area contributed by atoms with Gasteiger partial charge in [-0.25, -0.2) is 0 Å². The Kier molecular flexibility index (Phi) is 4.83. The zero-order valence-corrected chi connectivity index (χ0v) is 8.34. The highest BCUT2D eigenvalue weighted by Crippen LogP contribution is 2.16. The Balaban J connectivity index is 2.11. The molecule has 1 aliphatic heterocycles. The minimum Gasteiger partial charge on any atom is -0.381 e. The fraction of sp³-hybridized carbons (Fsp3) is 0.900. The molecular weight excluding hydrogens is 166 g/mol. The molecule has 1 rings (SSSR count). The van der Waals surface area contributed by atoms with E-state index in [4.69, 9.17) is 4.74 Å². The Hall–Kier alpha value is -0.570. The first-order valence-corrected chi connectivity index (χ1v) is 5.17. The fourth-order valence-corrected chi connectivity index (χ4v) is 1.57. The molecule has 1 unspecified atom stereocenters. The van der Waals surface area contributed by atoms with E-state index in [1.165, 1.54) is 0 Å². The van der Waals surface area contributed by atoms with Crippen LogP contribution in [0.5, 0.6) is 0 Å². The maximum Gasteiger partial charge on any atom is 0.220 e. The van der Waals surface area contributed by atoms with Crippen molar-refractivity contribution < 1.29 is 9.53 Å². The molecule has 1 aliphatic rings. The third-order valence-corrected chi connectivity index (χ3v) is 2.30. The molecule has 0 spiro atoms. The van der Waals surface area contributed by atoms with Gasteiger partial charge in [-0.1, -0.05) is 6.92 Å². The predicted octanol–water partition coefficient (Wildman–Crippen LogP) is 1.33. The summed E-state index contributed by atoms with van der Waals surface area (Å²) in [7, 11) is 0. The Bertz CT molecular complexity index is 153. The Morgan fingerprint density at radius 2 is 2.46 bits per heavy atom. The van der Waals surface area contributed by atoms with Crippen LogP contribution in [0.2, 0.25) is 0 Å². The van der Waals surface area contributed by atoms with Gasteiger partial charge in [-0.15, -0.1) is 0 Å². The van der Waals surface area contributed by atoms with Gasteiger partial charge in [0.15, 0.2) is 0 Å². The standard InChI is InChI=1S/C10H19NO2/c1-2-5-11-10(12)7-9-4-3-6-13-8-9/h9H,2-8H2,1H3,(H,11,12). The summed E-state index contributed by atoms with van der Waals surface area (Å²) in [6, 6.07) is 0. The van der Waals surface area contributed by atoms with Gasteiger partial charge in [-0.05, 0) is 25.2 Å². The molecule has 0 aromatic heterocycles. The van der Waals surface area contributed by atoms with Gasteiger partial charge in [0.1, 0.15) is 0 Å². The van der Waals surface area contributed by atoms with E-state index in [0.29, 0.717) is 12.3 Å². The quantitative estimate of drug-likeness (QED) is 0.717. The van der Waals surface area contributed by atoms with Gasteiger partial charge < -0.3 is 10.1 Å². The number of hydrogen-bond acceptors (Lipinski definition) is 2. The van der Waals surface area contributed by atoms with E-state index in [1.54, 1.807) is 0 Å². The van der Waals surface area contributed by atoms with Crippen molar-refractivity contribution in [3.05, 3.63) is 0 Å². The first kappa shape index (κ1) is 10.5. The maximum atomic E-state index is 11.3. The number of carbonyl (C=O) groups excluding carboxylic acids is 1. The summed E-state index contributed by atoms with van der Waals surface area (Å²) in [5.41, 5.74) is 0. The van der Waals surface area contributed by atoms with Gasteiger partial charge in [0.25, 0.3) is 0 Å². The number of rotatable bonds is 4. The summed E-state index contributed by atoms with van der Waals surface area (Å²) in [4.78, 5) is 11.3. The number of ether oxygens (including phenoxy) is 1. The van der Waals surface area contributed by atoms with Crippen molar-refractivity contribution in [2.24, 2.45) is 5.92 Å². The largest absolute Gasteiger partial charge is 0.381 e. The zero-order valence-electron chi connectivity index (χ0n) is 8.34. The lowest BCUT2D eigenvalue weighted by Crippen LogP contribution is -2.29. The van der Waals surface area contributed by atoms with E-state index >= 15 is 0 Å². The van der Waals surface area contributed by atoms with Gasteiger partial charge in [-0.2, -0.15) is 0 Å². The molecule has 13 heavy (non-hydrogen) atoms. The zero-order chi connectivity index (χ0) is 9.52. The number of amides is 1. The van der Waals surface area contributed by atoms with Gasteiger partial charge in [-0.3, -0.25) is 4.79 Å². The van der Waals surface area contributed by atoms with Gasteiger partial charge in [0, 0.05) is 26.2 Å². The van der Waals surface area contributed by atoms with Crippen LogP contribution >= 0.6 is 0 Å². The number of carbonyl (C=O) groups is 1. The molecule has 1 heterocycles. The number of nitrogens with one attached hydrogen (secondary N) is 1. The summed E-state index contributed by atoms with van der Waals surface area (Å²) in [5, 5.41) is 2.89. The summed E-state index contributed by atoms with van der Waals surface area (Å²) < 4.78 is 5.31. The normalized spacial score (nSPS) is 22.7. The van der Waals surface area contributed by atoms with Crippen molar-refractivity contribution in [1.82, 2.24) is 5.32 Å². The Morgan fingerprint density at radius 1 is 1.62 bits per heavy atom. The van der Waals surface area contributed by atoms with Crippen molar-refractivity contribution in [2.75, 3.05) is 19.8 Å². The van der Waals surface area contributed by atoms with E-state index in [2.05, 4.69) is 12.2 Å². The molecule has 0 aromatic rings. The Morgan fingerprint density at radius 3 is 3.08 bits per heavy atom. The monoisotopic (exact) mass is 185 g/mol. The molecule has 0 bridgehead atoms. The molecule has 1 N–H and O–H groups in total. The average Bonchev–Trinajstić information content (AvgIpc) is 2.16. The van der Waals surface area contributed by atoms with Crippen LogP contribution in [0.25, 0.3) is 0 Å². The predicted molar refractivity (Wildman–Crippen MR) is 51.5 cm³/mol. The minimum absolute atomic E-state index is 0.178. The first-order valence-electron chi connectivity index (χ1n) is 5.17. The van der Waals surface area contributed by atoms with Crippen LogP contribution in [0.3, 0.4) is 0 Å². The lowest BCUT2D eigenvalue weighted by Gasteiger charge is -2.21. The first-order chi connectivity index (χ1) is 6.33. The van der Waals surface area contributed by atoms with Gasteiger partial charge in [0.2, 0.25) is 5.91 Å². The molecule has 0 saturated carbocycles. The molecule has 1 atom stereocenters. The van der Waals surface area contributed by atoms with Crippen molar-refractivity contribution in [1.29, 1.82) is 0 Å². The van der Waals surface area contributed by atoms with Crippen LogP contribution < -0.4 is 5.32 Å². The van der Waals surface area contributed by atoms with E-state index < -0.39 is 0 Å². The average molecular weight is 185 g/mol. The maximum absolute atomic E-state index is 11.3. The lowest BCUT2D eigenvalue weighted by atomic mass is 9.98. The fourth-order valence-electron chi connectivity index (χ4n) is 1.57. The van der Waals surface area contributed by atoms with Crippen molar-refractivity contribution in [3.8, 4) is 0 Å². The second-order valence-corrected chi connectivity index (χ2v) is 3.64. The molecule has 0 aromatic carbocycles. The topological polar surface area (TPSA) is 38.3 Å². The molecule has 3 heteroatoms. The smallest absolute Gasteiger partial charge is 0.220 e. The highest BCUT2D eigenvalue weighted by molar-refractivity contribution is 5.76. The highest BCUT2D eigenvalue weighted by atomic mass is 16.5. The molecular formula is C10H19NO2. The summed E-state index contributed by atoms with van der Waals surface area (Å²) in [6.45, 7) is 4.49. The van der Waals surface area contributed by atoms with Gasteiger partial charge in [0.05, 0.1) is 0 Å². The summed E-state index contributed by atoms with van der Waals surface area (Å²) >= 11 is 0. The van der Waals surface area contributed by atoms with Crippen LogP contribution in [0.1, 0.15) is 32.6 Å². The van der Waals surface area contributed by atoms with Crippen LogP contribution in [0, 0.1) is 5.92 Å². The molecule has 3 nitrogen and oxygen atoms in total. The van der Waals surface area contributed by atoms with E-state index in [-0.39, 0.29) is 5.91 Å². The molecule has 0 aliphatic carbocycles. The summed E-state index contributed by atoms with van der Waals surface area (Å²) in [5.74, 6) is 0.628.